The van der Waals surface area contributed by atoms with E-state index in [-0.39, 0.29) is 38.7 Å². The van der Waals surface area contributed by atoms with Gasteiger partial charge in [-0.15, -0.1) is 0 Å². The van der Waals surface area contributed by atoms with Gasteiger partial charge in [0.05, 0.1) is 12.5 Å². The summed E-state index contributed by atoms with van der Waals surface area (Å²) in [5.41, 5.74) is 0. The Morgan fingerprint density at radius 1 is 1.16 bits per heavy atom. The van der Waals surface area contributed by atoms with E-state index in [2.05, 4.69) is 29.0 Å². The zero-order valence-corrected chi connectivity index (χ0v) is 12.1. The quantitative estimate of drug-likeness (QED) is 0.480. The fourth-order valence-corrected chi connectivity index (χ4v) is 2.06. The van der Waals surface area contributed by atoms with Gasteiger partial charge in [0.1, 0.15) is 6.61 Å². The molecule has 0 aliphatic heterocycles. The third-order valence-electron chi connectivity index (χ3n) is 2.98. The summed E-state index contributed by atoms with van der Waals surface area (Å²) in [4.78, 5) is 10.9. The van der Waals surface area contributed by atoms with Crippen LogP contribution in [0.4, 0.5) is 0 Å². The zero-order chi connectivity index (χ0) is 12.8. The van der Waals surface area contributed by atoms with Crippen molar-refractivity contribution in [1.29, 1.82) is 0 Å². The van der Waals surface area contributed by atoms with Gasteiger partial charge in [-0.1, -0.05) is 24.3 Å². The second kappa shape index (κ2) is 8.65. The standard InChI is InChI=1S/C8H9O3.C7H8.Rh/c9-5-6-11-8(10)7-3-1-2-4-7;1-2-7-4-3-6(1)5-7;/h1-4,9H,5-6H2;1-4,6-7H,5H2;. The van der Waals surface area contributed by atoms with Crippen LogP contribution in [0.25, 0.3) is 0 Å². The molecule has 0 atom stereocenters. The Kier molecular flexibility index (Phi) is 7.56. The first-order valence-corrected chi connectivity index (χ1v) is 6.16. The second-order valence-corrected chi connectivity index (χ2v) is 4.37. The number of aliphatic hydroxyl groups excluding tert-OH is 1. The largest absolute Gasteiger partial charge is 0.463 e. The molecule has 19 heavy (non-hydrogen) atoms. The van der Waals surface area contributed by atoms with Crippen molar-refractivity contribution < 1.29 is 34.1 Å². The Balaban J connectivity index is 0.000000194. The summed E-state index contributed by atoms with van der Waals surface area (Å²) in [6.45, 7) is -0.0730. The summed E-state index contributed by atoms with van der Waals surface area (Å²) in [6, 6.07) is 0. The van der Waals surface area contributed by atoms with Crippen LogP contribution in [0.15, 0.2) is 24.3 Å². The maximum Gasteiger partial charge on any atom is 0.313 e. The molecule has 4 heteroatoms. The van der Waals surface area contributed by atoms with E-state index in [9.17, 15) is 4.79 Å². The van der Waals surface area contributed by atoms with Crippen molar-refractivity contribution in [3.05, 3.63) is 55.9 Å². The van der Waals surface area contributed by atoms with Crippen molar-refractivity contribution in [1.82, 2.24) is 0 Å². The van der Waals surface area contributed by atoms with Crippen LogP contribution < -0.4 is 0 Å². The molecule has 0 aromatic carbocycles. The van der Waals surface area contributed by atoms with E-state index in [1.54, 1.807) is 25.7 Å². The van der Waals surface area contributed by atoms with Gasteiger partial charge in [0.15, 0.2) is 0 Å². The Morgan fingerprint density at radius 2 is 1.68 bits per heavy atom. The summed E-state index contributed by atoms with van der Waals surface area (Å²) < 4.78 is 4.65. The van der Waals surface area contributed by atoms with Crippen molar-refractivity contribution in [2.45, 2.75) is 6.42 Å². The molecule has 0 saturated heterocycles. The van der Waals surface area contributed by atoms with E-state index in [0.717, 1.165) is 11.8 Å². The molecule has 1 saturated carbocycles. The molecule has 0 aromatic rings. The first-order valence-electron chi connectivity index (χ1n) is 6.16. The molecule has 3 aliphatic carbocycles. The number of hydrogen-bond donors (Lipinski definition) is 1. The molecule has 104 valence electrons. The predicted molar refractivity (Wildman–Crippen MR) is 68.4 cm³/mol. The normalized spacial score (nSPS) is 26.8. The maximum atomic E-state index is 10.9. The number of carbonyl (C=O) groups excluding carboxylic acids is 1. The van der Waals surface area contributed by atoms with Gasteiger partial charge < -0.3 is 9.84 Å². The average Bonchev–Trinajstić information content (AvgIpc) is 3.12. The van der Waals surface area contributed by atoms with Gasteiger partial charge in [-0.05, 0) is 43.9 Å². The summed E-state index contributed by atoms with van der Waals surface area (Å²) in [5.74, 6) is 1.76. The summed E-state index contributed by atoms with van der Waals surface area (Å²) in [7, 11) is 0. The third kappa shape index (κ3) is 5.20. The Bertz CT molecular complexity index is 304. The Hall–Kier alpha value is -0.467. The molecule has 0 spiro atoms. The van der Waals surface area contributed by atoms with E-state index < -0.39 is 0 Å². The monoisotopic (exact) mass is 348 g/mol. The van der Waals surface area contributed by atoms with Crippen molar-refractivity contribution in [2.75, 3.05) is 13.2 Å². The minimum absolute atomic E-state index is 0. The third-order valence-corrected chi connectivity index (χ3v) is 2.98. The van der Waals surface area contributed by atoms with Gasteiger partial charge in [0.25, 0.3) is 0 Å². The fourth-order valence-electron chi connectivity index (χ4n) is 2.06. The molecule has 0 unspecified atom stereocenters. The number of esters is 1. The molecule has 6 radical (unpaired) electrons. The number of rotatable bonds is 3. The SMILES string of the molecule is C1=CC2C=CC1C2.O=C(OCCO)[C]1[CH][CH][CH][CH]1.[Rh]. The van der Waals surface area contributed by atoms with E-state index in [1.165, 1.54) is 6.42 Å². The van der Waals surface area contributed by atoms with Gasteiger partial charge in [-0.3, -0.25) is 4.79 Å². The number of hydrogen-bond acceptors (Lipinski definition) is 3. The van der Waals surface area contributed by atoms with Crippen molar-refractivity contribution >= 4 is 5.97 Å². The molecule has 1 N–H and O–H groups in total. The summed E-state index contributed by atoms with van der Waals surface area (Å²) in [5, 5.41) is 8.34. The zero-order valence-electron chi connectivity index (χ0n) is 10.5. The van der Waals surface area contributed by atoms with E-state index >= 15 is 0 Å². The van der Waals surface area contributed by atoms with Crippen LogP contribution in [0.5, 0.6) is 0 Å². The van der Waals surface area contributed by atoms with Gasteiger partial charge in [0.2, 0.25) is 0 Å². The van der Waals surface area contributed by atoms with Crippen LogP contribution in [0.2, 0.25) is 0 Å². The predicted octanol–water partition coefficient (Wildman–Crippen LogP) is 1.67. The molecular weight excluding hydrogens is 331 g/mol. The summed E-state index contributed by atoms with van der Waals surface area (Å²) >= 11 is 0. The number of fused-ring (bicyclic) bond motifs is 2. The smallest absolute Gasteiger partial charge is 0.313 e. The molecule has 3 aliphatic rings. The molecule has 3 rings (SSSR count). The Labute approximate surface area is 127 Å². The fraction of sp³-hybridized carbons (Fsp3) is 0.333. The van der Waals surface area contributed by atoms with E-state index in [1.807, 2.05) is 0 Å². The Morgan fingerprint density at radius 3 is 2.05 bits per heavy atom. The van der Waals surface area contributed by atoms with Crippen LogP contribution in [-0.4, -0.2) is 24.3 Å². The van der Waals surface area contributed by atoms with Crippen molar-refractivity contribution in [3.63, 3.8) is 0 Å². The van der Waals surface area contributed by atoms with Crippen molar-refractivity contribution in [2.24, 2.45) is 11.8 Å². The van der Waals surface area contributed by atoms with Crippen LogP contribution in [0, 0.1) is 43.4 Å². The topological polar surface area (TPSA) is 46.5 Å². The average molecular weight is 348 g/mol. The first kappa shape index (κ1) is 16.6. The van der Waals surface area contributed by atoms with Gasteiger partial charge in [-0.2, -0.15) is 0 Å². The van der Waals surface area contributed by atoms with E-state index in [4.69, 9.17) is 5.11 Å². The number of carbonyl (C=O) groups is 1. The van der Waals surface area contributed by atoms with Crippen LogP contribution >= 0.6 is 0 Å². The van der Waals surface area contributed by atoms with Crippen LogP contribution in [0.1, 0.15) is 6.42 Å². The molecule has 2 bridgehead atoms. The number of aliphatic hydroxyl groups is 1. The molecule has 1 fully saturated rings. The molecule has 0 amide bonds. The minimum Gasteiger partial charge on any atom is -0.463 e. The van der Waals surface area contributed by atoms with Gasteiger partial charge >= 0.3 is 5.97 Å². The maximum absolute atomic E-state index is 10.9. The van der Waals surface area contributed by atoms with E-state index in [0.29, 0.717) is 5.92 Å². The molecular formula is C15H17O3Rh. The molecule has 0 aromatic heterocycles. The van der Waals surface area contributed by atoms with Gasteiger partial charge in [-0.25, -0.2) is 0 Å². The van der Waals surface area contributed by atoms with Crippen molar-refractivity contribution in [3.8, 4) is 0 Å². The first-order chi connectivity index (χ1) is 8.79. The minimum atomic E-state index is -0.385. The summed E-state index contributed by atoms with van der Waals surface area (Å²) in [6.07, 6.45) is 17.4. The number of allylic oxidation sites excluding steroid dienone is 4. The van der Waals surface area contributed by atoms with Crippen LogP contribution in [0.3, 0.4) is 0 Å². The molecule has 0 heterocycles. The number of ether oxygens (including phenoxy) is 1. The molecule has 3 nitrogen and oxygen atoms in total. The van der Waals surface area contributed by atoms with Crippen LogP contribution in [-0.2, 0) is 29.0 Å². The second-order valence-electron chi connectivity index (χ2n) is 4.37. The van der Waals surface area contributed by atoms with Gasteiger partial charge in [0, 0.05) is 19.5 Å².